The Bertz CT molecular complexity index is 994. The number of nitrogens with one attached hydrogen (secondary N) is 1. The molecule has 3 amide bonds. The molecule has 1 aromatic heterocycles. The fraction of sp³-hybridized carbons (Fsp3) is 0.409. The average molecular weight is 462 g/mol. The average Bonchev–Trinajstić information content (AvgIpc) is 3.43. The normalized spacial score (nSPS) is 18.8. The minimum Gasteiger partial charge on any atom is -0.368 e. The van der Waals surface area contributed by atoms with Gasteiger partial charge in [-0.25, -0.2) is 0 Å². The van der Waals surface area contributed by atoms with Gasteiger partial charge in [0.1, 0.15) is 6.10 Å². The van der Waals surface area contributed by atoms with Crippen molar-refractivity contribution in [3.05, 3.63) is 51.4 Å². The van der Waals surface area contributed by atoms with Crippen LogP contribution >= 0.6 is 22.9 Å². The van der Waals surface area contributed by atoms with Gasteiger partial charge >= 0.3 is 0 Å². The first-order valence-electron chi connectivity index (χ1n) is 10.3. The largest absolute Gasteiger partial charge is 0.368 e. The lowest BCUT2D eigenvalue weighted by Crippen LogP contribution is -2.52. The predicted octanol–water partition coefficient (Wildman–Crippen LogP) is 3.43. The summed E-state index contributed by atoms with van der Waals surface area (Å²) in [7, 11) is 0. The van der Waals surface area contributed by atoms with Crippen molar-refractivity contribution in [2.24, 2.45) is 0 Å². The van der Waals surface area contributed by atoms with Gasteiger partial charge in [0.05, 0.1) is 20.5 Å². The van der Waals surface area contributed by atoms with E-state index in [4.69, 9.17) is 16.3 Å². The third kappa shape index (κ3) is 4.76. The molecule has 31 heavy (non-hydrogen) atoms. The number of benzene rings is 1. The monoisotopic (exact) mass is 461 g/mol. The molecule has 0 saturated carbocycles. The van der Waals surface area contributed by atoms with Crippen molar-refractivity contribution in [3.8, 4) is 0 Å². The number of thiophene rings is 1. The van der Waals surface area contributed by atoms with Crippen LogP contribution in [-0.4, -0.2) is 66.4 Å². The predicted molar refractivity (Wildman–Crippen MR) is 120 cm³/mol. The van der Waals surface area contributed by atoms with Gasteiger partial charge in [0.2, 0.25) is 0 Å². The third-order valence-corrected chi connectivity index (χ3v) is 7.02. The number of amides is 3. The Morgan fingerprint density at radius 3 is 2.52 bits per heavy atom. The van der Waals surface area contributed by atoms with Gasteiger partial charge in [-0.2, -0.15) is 0 Å². The Hall–Kier alpha value is -2.42. The number of carbonyl (C=O) groups is 3. The van der Waals surface area contributed by atoms with E-state index in [2.05, 4.69) is 5.32 Å². The molecule has 4 rings (SSSR count). The van der Waals surface area contributed by atoms with E-state index in [-0.39, 0.29) is 23.8 Å². The van der Waals surface area contributed by atoms with Crippen LogP contribution < -0.4 is 5.32 Å². The SMILES string of the molecule is Cc1cc(NC(=O)c2ccccc2Cl)sc1C(=O)N1CCN(C(=O)C2CCCO2)CC1. The molecule has 0 spiro atoms. The van der Waals surface area contributed by atoms with Crippen molar-refractivity contribution in [1.29, 1.82) is 0 Å². The molecule has 3 heterocycles. The molecule has 0 radical (unpaired) electrons. The first-order chi connectivity index (χ1) is 14.9. The molecule has 9 heteroatoms. The van der Waals surface area contributed by atoms with Gasteiger partial charge in [0.25, 0.3) is 17.7 Å². The van der Waals surface area contributed by atoms with Crippen molar-refractivity contribution in [2.75, 3.05) is 38.1 Å². The van der Waals surface area contributed by atoms with Crippen LogP contribution in [0, 0.1) is 6.92 Å². The van der Waals surface area contributed by atoms with E-state index in [0.29, 0.717) is 53.3 Å². The number of hydrogen-bond donors (Lipinski definition) is 1. The number of carbonyl (C=O) groups excluding carboxylic acids is 3. The molecule has 2 aliphatic heterocycles. The summed E-state index contributed by atoms with van der Waals surface area (Å²) < 4.78 is 5.49. The van der Waals surface area contributed by atoms with E-state index >= 15 is 0 Å². The van der Waals surface area contributed by atoms with Gasteiger partial charge in [-0.05, 0) is 43.5 Å². The standard InChI is InChI=1S/C22H24ClN3O4S/c1-14-13-18(24-20(27)15-5-2-3-6-16(15)23)31-19(14)22(29)26-10-8-25(9-11-26)21(28)17-7-4-12-30-17/h2-3,5-6,13,17H,4,7-12H2,1H3,(H,24,27). The molecule has 2 aromatic rings. The van der Waals surface area contributed by atoms with E-state index < -0.39 is 0 Å². The first-order valence-corrected chi connectivity index (χ1v) is 11.5. The number of anilines is 1. The summed E-state index contributed by atoms with van der Waals surface area (Å²) in [5.41, 5.74) is 1.19. The number of nitrogens with zero attached hydrogens (tertiary/aromatic N) is 2. The summed E-state index contributed by atoms with van der Waals surface area (Å²) in [6.07, 6.45) is 1.36. The fourth-order valence-electron chi connectivity index (χ4n) is 3.83. The Morgan fingerprint density at radius 1 is 1.13 bits per heavy atom. The number of halogens is 1. The molecule has 2 aliphatic rings. The number of ether oxygens (including phenoxy) is 1. The molecule has 0 aliphatic carbocycles. The smallest absolute Gasteiger partial charge is 0.264 e. The zero-order chi connectivity index (χ0) is 22.0. The van der Waals surface area contributed by atoms with Crippen LogP contribution in [-0.2, 0) is 9.53 Å². The fourth-order valence-corrected chi connectivity index (χ4v) is 5.09. The number of hydrogen-bond acceptors (Lipinski definition) is 5. The molecular formula is C22H24ClN3O4S. The van der Waals surface area contributed by atoms with Gasteiger partial charge in [-0.3, -0.25) is 14.4 Å². The van der Waals surface area contributed by atoms with Crippen molar-refractivity contribution >= 4 is 45.7 Å². The summed E-state index contributed by atoms with van der Waals surface area (Å²) in [6, 6.07) is 8.62. The van der Waals surface area contributed by atoms with Crippen molar-refractivity contribution in [2.45, 2.75) is 25.9 Å². The second-order valence-corrected chi connectivity index (χ2v) is 9.14. The van der Waals surface area contributed by atoms with Gasteiger partial charge in [0.15, 0.2) is 0 Å². The summed E-state index contributed by atoms with van der Waals surface area (Å²) in [5.74, 6) is -0.362. The Kier molecular flexibility index (Phi) is 6.60. The Balaban J connectivity index is 1.37. The van der Waals surface area contributed by atoms with Gasteiger partial charge in [0, 0.05) is 32.8 Å². The molecule has 0 bridgehead atoms. The quantitative estimate of drug-likeness (QED) is 0.756. The summed E-state index contributed by atoms with van der Waals surface area (Å²) >= 11 is 7.35. The van der Waals surface area contributed by atoms with Crippen LogP contribution in [0.2, 0.25) is 5.02 Å². The molecule has 7 nitrogen and oxygen atoms in total. The number of rotatable bonds is 4. The minimum atomic E-state index is -0.328. The minimum absolute atomic E-state index is 0.0291. The highest BCUT2D eigenvalue weighted by atomic mass is 35.5. The van der Waals surface area contributed by atoms with Crippen LogP contribution in [0.1, 0.15) is 38.4 Å². The molecule has 2 fully saturated rings. The maximum Gasteiger partial charge on any atom is 0.264 e. The lowest BCUT2D eigenvalue weighted by Gasteiger charge is -2.35. The molecule has 1 N–H and O–H groups in total. The number of aryl methyl sites for hydroxylation is 1. The number of piperazine rings is 1. The summed E-state index contributed by atoms with van der Waals surface area (Å²) in [4.78, 5) is 42.2. The van der Waals surface area contributed by atoms with Crippen LogP contribution in [0.15, 0.2) is 30.3 Å². The van der Waals surface area contributed by atoms with Gasteiger partial charge < -0.3 is 19.9 Å². The van der Waals surface area contributed by atoms with E-state index in [9.17, 15) is 14.4 Å². The summed E-state index contributed by atoms with van der Waals surface area (Å²) in [6.45, 7) is 4.47. The molecule has 164 valence electrons. The molecule has 1 atom stereocenters. The maximum atomic E-state index is 13.1. The van der Waals surface area contributed by atoms with Crippen molar-refractivity contribution in [3.63, 3.8) is 0 Å². The highest BCUT2D eigenvalue weighted by Crippen LogP contribution is 2.29. The molecule has 2 saturated heterocycles. The highest BCUT2D eigenvalue weighted by Gasteiger charge is 2.32. The topological polar surface area (TPSA) is 79.0 Å². The van der Waals surface area contributed by atoms with Crippen molar-refractivity contribution in [1.82, 2.24) is 9.80 Å². The van der Waals surface area contributed by atoms with E-state index in [1.165, 1.54) is 11.3 Å². The zero-order valence-electron chi connectivity index (χ0n) is 17.2. The Morgan fingerprint density at radius 2 is 1.84 bits per heavy atom. The van der Waals surface area contributed by atoms with Crippen LogP contribution in [0.25, 0.3) is 0 Å². The van der Waals surface area contributed by atoms with Crippen LogP contribution in [0.5, 0.6) is 0 Å². The van der Waals surface area contributed by atoms with E-state index in [1.54, 1.807) is 40.1 Å². The molecule has 1 aromatic carbocycles. The third-order valence-electron chi connectivity index (χ3n) is 5.55. The van der Waals surface area contributed by atoms with Gasteiger partial charge in [-0.1, -0.05) is 23.7 Å². The van der Waals surface area contributed by atoms with Gasteiger partial charge in [-0.15, -0.1) is 11.3 Å². The maximum absolute atomic E-state index is 13.1. The summed E-state index contributed by atoms with van der Waals surface area (Å²) in [5, 5.41) is 3.80. The van der Waals surface area contributed by atoms with Crippen molar-refractivity contribution < 1.29 is 19.1 Å². The van der Waals surface area contributed by atoms with E-state index in [0.717, 1.165) is 18.4 Å². The molecular weight excluding hydrogens is 438 g/mol. The van der Waals surface area contributed by atoms with Crippen LogP contribution in [0.4, 0.5) is 5.00 Å². The highest BCUT2D eigenvalue weighted by molar-refractivity contribution is 7.18. The van der Waals surface area contributed by atoms with E-state index in [1.807, 2.05) is 6.92 Å². The second-order valence-electron chi connectivity index (χ2n) is 7.68. The lowest BCUT2D eigenvalue weighted by atomic mass is 10.2. The van der Waals surface area contributed by atoms with Crippen LogP contribution in [0.3, 0.4) is 0 Å². The molecule has 1 unspecified atom stereocenters. The second kappa shape index (κ2) is 9.38. The lowest BCUT2D eigenvalue weighted by molar-refractivity contribution is -0.142. The first kappa shape index (κ1) is 21.8. The zero-order valence-corrected chi connectivity index (χ0v) is 18.8. The Labute approximate surface area is 189 Å².